The van der Waals surface area contributed by atoms with E-state index in [1.807, 2.05) is 4.90 Å². The minimum Gasteiger partial charge on any atom is -0.480 e. The smallest absolute Gasteiger partial charge is 0.416 e. The second-order valence-electron chi connectivity index (χ2n) is 6.65. The predicted molar refractivity (Wildman–Crippen MR) is 101 cm³/mol. The fourth-order valence-electron chi connectivity index (χ4n) is 3.21. The van der Waals surface area contributed by atoms with Gasteiger partial charge in [-0.25, -0.2) is 0 Å². The minimum absolute atomic E-state index is 0.0111. The lowest BCUT2D eigenvalue weighted by molar-refractivity contribution is -0.137. The summed E-state index contributed by atoms with van der Waals surface area (Å²) in [5.41, 5.74) is -0.399. The Balaban J connectivity index is 1.70. The Bertz CT molecular complexity index is 1070. The monoisotopic (exact) mass is 405 g/mol. The van der Waals surface area contributed by atoms with Crippen molar-refractivity contribution in [3.63, 3.8) is 0 Å². The summed E-state index contributed by atoms with van der Waals surface area (Å²) in [6, 6.07) is 11.6. The molecule has 0 saturated carbocycles. The molecule has 0 bridgehead atoms. The third-order valence-corrected chi connectivity index (χ3v) is 4.67. The second-order valence-corrected chi connectivity index (χ2v) is 6.65. The van der Waals surface area contributed by atoms with Crippen molar-refractivity contribution in [3.05, 3.63) is 69.9 Å². The molecule has 1 aromatic heterocycles. The van der Waals surface area contributed by atoms with Crippen molar-refractivity contribution in [3.8, 4) is 5.75 Å². The van der Waals surface area contributed by atoms with E-state index < -0.39 is 11.7 Å². The zero-order chi connectivity index (χ0) is 20.4. The fraction of sp³-hybridized carbons (Fsp3) is 0.286. The van der Waals surface area contributed by atoms with Gasteiger partial charge in [0.1, 0.15) is 12.2 Å². The molecule has 3 aromatic rings. The summed E-state index contributed by atoms with van der Waals surface area (Å²) in [4.78, 5) is 14.9. The number of hydrogen-bond acceptors (Lipinski definition) is 5. The number of alkyl halides is 3. The van der Waals surface area contributed by atoms with Crippen molar-refractivity contribution in [2.24, 2.45) is 0 Å². The predicted octanol–water partition coefficient (Wildman–Crippen LogP) is 4.23. The van der Waals surface area contributed by atoms with Gasteiger partial charge in [-0.05, 0) is 29.8 Å². The van der Waals surface area contributed by atoms with Crippen LogP contribution in [0.2, 0.25) is 0 Å². The number of morpholine rings is 1. The van der Waals surface area contributed by atoms with Crippen LogP contribution in [0.4, 0.5) is 19.1 Å². The zero-order valence-corrected chi connectivity index (χ0v) is 15.4. The number of fused-ring (bicyclic) bond motifs is 1. The lowest BCUT2D eigenvalue weighted by atomic mass is 10.1. The summed E-state index contributed by atoms with van der Waals surface area (Å²) in [7, 11) is 0. The summed E-state index contributed by atoms with van der Waals surface area (Å²) in [6.07, 6.45) is -4.45. The number of anilines is 1. The van der Waals surface area contributed by atoms with E-state index in [2.05, 4.69) is 0 Å². The average molecular weight is 405 g/mol. The number of benzene rings is 2. The van der Waals surface area contributed by atoms with Crippen LogP contribution in [0.15, 0.2) is 57.7 Å². The van der Waals surface area contributed by atoms with E-state index in [4.69, 9.17) is 13.9 Å². The molecule has 1 aliphatic rings. The van der Waals surface area contributed by atoms with Crippen molar-refractivity contribution in [1.82, 2.24) is 0 Å². The Kier molecular flexibility index (Phi) is 5.19. The summed E-state index contributed by atoms with van der Waals surface area (Å²) in [6.45, 7) is 1.79. The molecule has 1 aliphatic heterocycles. The van der Waals surface area contributed by atoms with Crippen LogP contribution in [-0.2, 0) is 17.5 Å². The van der Waals surface area contributed by atoms with E-state index >= 15 is 0 Å². The molecule has 4 rings (SSSR count). The second kappa shape index (κ2) is 7.79. The van der Waals surface area contributed by atoms with Crippen LogP contribution in [0.5, 0.6) is 5.75 Å². The molecule has 1 fully saturated rings. The summed E-state index contributed by atoms with van der Waals surface area (Å²) < 4.78 is 55.9. The van der Waals surface area contributed by atoms with Gasteiger partial charge in [0, 0.05) is 13.1 Å². The molecular weight excluding hydrogens is 387 g/mol. The van der Waals surface area contributed by atoms with Gasteiger partial charge in [-0.2, -0.15) is 13.2 Å². The number of nitrogens with zero attached hydrogens (tertiary/aromatic N) is 1. The Hall–Kier alpha value is -3.00. The van der Waals surface area contributed by atoms with Crippen molar-refractivity contribution in [2.75, 3.05) is 31.2 Å². The van der Waals surface area contributed by atoms with Gasteiger partial charge >= 0.3 is 6.18 Å². The van der Waals surface area contributed by atoms with Gasteiger partial charge in [-0.3, -0.25) is 4.79 Å². The molecule has 2 aromatic carbocycles. The quantitative estimate of drug-likeness (QED) is 0.650. The van der Waals surface area contributed by atoms with Crippen LogP contribution in [0.3, 0.4) is 0 Å². The molecule has 29 heavy (non-hydrogen) atoms. The van der Waals surface area contributed by atoms with Gasteiger partial charge in [-0.15, -0.1) is 0 Å². The first-order valence-electron chi connectivity index (χ1n) is 9.11. The lowest BCUT2D eigenvalue weighted by Crippen LogP contribution is -2.37. The average Bonchev–Trinajstić information content (AvgIpc) is 2.73. The number of ether oxygens (including phenoxy) is 2. The highest BCUT2D eigenvalue weighted by Gasteiger charge is 2.30. The van der Waals surface area contributed by atoms with Crippen LogP contribution in [0.1, 0.15) is 11.1 Å². The number of halogens is 3. The molecule has 0 unspecified atom stereocenters. The van der Waals surface area contributed by atoms with E-state index in [9.17, 15) is 18.0 Å². The number of para-hydroxylation sites is 1. The first-order valence-corrected chi connectivity index (χ1v) is 9.11. The molecule has 0 aliphatic carbocycles. The van der Waals surface area contributed by atoms with Gasteiger partial charge in [0.15, 0.2) is 0 Å². The highest BCUT2D eigenvalue weighted by Crippen LogP contribution is 2.32. The van der Waals surface area contributed by atoms with Crippen LogP contribution in [-0.4, -0.2) is 26.3 Å². The molecule has 5 nitrogen and oxygen atoms in total. The van der Waals surface area contributed by atoms with Gasteiger partial charge in [0.25, 0.3) is 0 Å². The number of hydrogen-bond donors (Lipinski definition) is 0. The van der Waals surface area contributed by atoms with Gasteiger partial charge in [-0.1, -0.05) is 24.3 Å². The van der Waals surface area contributed by atoms with Crippen molar-refractivity contribution in [2.45, 2.75) is 12.8 Å². The molecule has 0 spiro atoms. The highest BCUT2D eigenvalue weighted by molar-refractivity contribution is 5.80. The Labute approximate surface area is 164 Å². The largest absolute Gasteiger partial charge is 0.480 e. The third kappa shape index (κ3) is 4.07. The van der Waals surface area contributed by atoms with E-state index in [0.717, 1.165) is 12.1 Å². The van der Waals surface area contributed by atoms with Crippen LogP contribution in [0, 0.1) is 0 Å². The third-order valence-electron chi connectivity index (χ3n) is 4.67. The SMILES string of the molecule is O=c1c(OCc2cccc(C(F)(F)F)c2)c(N2CCOCC2)oc2ccccc12. The standard InChI is InChI=1S/C21H18F3NO4/c22-21(23,24)15-5-3-4-14(12-15)13-28-19-18(26)16-6-1-2-7-17(16)29-20(19)25-8-10-27-11-9-25/h1-7,12H,8-11,13H2. The Morgan fingerprint density at radius 3 is 2.55 bits per heavy atom. The topological polar surface area (TPSA) is 51.9 Å². The maximum atomic E-state index is 13.0. The first kappa shape index (κ1) is 19.3. The van der Waals surface area contributed by atoms with Gasteiger partial charge < -0.3 is 18.8 Å². The molecule has 8 heteroatoms. The molecule has 1 saturated heterocycles. The Morgan fingerprint density at radius 1 is 1.03 bits per heavy atom. The lowest BCUT2D eigenvalue weighted by Gasteiger charge is -2.28. The molecule has 2 heterocycles. The van der Waals surface area contributed by atoms with Crippen molar-refractivity contribution >= 4 is 16.9 Å². The van der Waals surface area contributed by atoms with E-state index in [0.29, 0.717) is 42.8 Å². The molecule has 152 valence electrons. The maximum Gasteiger partial charge on any atom is 0.416 e. The van der Waals surface area contributed by atoms with Gasteiger partial charge in [0.2, 0.25) is 17.1 Å². The summed E-state index contributed by atoms with van der Waals surface area (Å²) >= 11 is 0. The first-order chi connectivity index (χ1) is 13.9. The summed E-state index contributed by atoms with van der Waals surface area (Å²) in [5.74, 6) is 0.256. The highest BCUT2D eigenvalue weighted by atomic mass is 19.4. The maximum absolute atomic E-state index is 13.0. The van der Waals surface area contributed by atoms with E-state index in [1.165, 1.54) is 12.1 Å². The van der Waals surface area contributed by atoms with E-state index in [-0.39, 0.29) is 23.7 Å². The molecule has 0 amide bonds. The van der Waals surface area contributed by atoms with Gasteiger partial charge in [0.05, 0.1) is 24.2 Å². The number of rotatable bonds is 4. The zero-order valence-electron chi connectivity index (χ0n) is 15.4. The normalized spacial score (nSPS) is 14.9. The van der Waals surface area contributed by atoms with Crippen molar-refractivity contribution in [1.29, 1.82) is 0 Å². The molecule has 0 radical (unpaired) electrons. The molecule has 0 atom stereocenters. The van der Waals surface area contributed by atoms with Crippen molar-refractivity contribution < 1.29 is 27.1 Å². The Morgan fingerprint density at radius 2 is 1.79 bits per heavy atom. The molecule has 0 N–H and O–H groups in total. The summed E-state index contributed by atoms with van der Waals surface area (Å²) in [5, 5.41) is 0.351. The van der Waals surface area contributed by atoms with Crippen LogP contribution in [0.25, 0.3) is 11.0 Å². The van der Waals surface area contributed by atoms with E-state index in [1.54, 1.807) is 24.3 Å². The van der Waals surface area contributed by atoms with Crippen LogP contribution < -0.4 is 15.1 Å². The van der Waals surface area contributed by atoms with Crippen LogP contribution >= 0.6 is 0 Å². The fourth-order valence-corrected chi connectivity index (χ4v) is 3.21. The molecular formula is C21H18F3NO4. The minimum atomic E-state index is -4.45.